The van der Waals surface area contributed by atoms with Crippen molar-refractivity contribution in [1.82, 2.24) is 4.98 Å². The second kappa shape index (κ2) is 5.36. The topological polar surface area (TPSA) is 70.5 Å². The summed E-state index contributed by atoms with van der Waals surface area (Å²) >= 11 is 6.52. The lowest BCUT2D eigenvalue weighted by atomic mass is 10.2. The molecule has 0 spiro atoms. The van der Waals surface area contributed by atoms with E-state index in [4.69, 9.17) is 5.11 Å². The van der Waals surface area contributed by atoms with Crippen LogP contribution in [-0.4, -0.2) is 33.8 Å². The van der Waals surface area contributed by atoms with Gasteiger partial charge in [0.15, 0.2) is 0 Å². The van der Waals surface area contributed by atoms with E-state index in [9.17, 15) is 9.59 Å². The van der Waals surface area contributed by atoms with Gasteiger partial charge in [0, 0.05) is 29.0 Å². The highest BCUT2D eigenvalue weighted by atomic mass is 79.9. The zero-order valence-corrected chi connectivity index (χ0v) is 12.4. The Labute approximate surface area is 120 Å². The highest BCUT2D eigenvalue weighted by Crippen LogP contribution is 2.28. The van der Waals surface area contributed by atoms with Crippen LogP contribution in [0.1, 0.15) is 16.8 Å². The summed E-state index contributed by atoms with van der Waals surface area (Å²) in [5.41, 5.74) is 0.0351. The van der Waals surface area contributed by atoms with Crippen LogP contribution in [0.3, 0.4) is 0 Å². The van der Waals surface area contributed by atoms with Crippen LogP contribution >= 0.6 is 31.9 Å². The van der Waals surface area contributed by atoms with Crippen molar-refractivity contribution in [3.05, 3.63) is 22.3 Å². The number of anilines is 1. The Hall–Kier alpha value is -0.950. The lowest BCUT2D eigenvalue weighted by Gasteiger charge is -2.17. The molecule has 0 aromatic carbocycles. The summed E-state index contributed by atoms with van der Waals surface area (Å²) in [5, 5.41) is 9.87. The highest BCUT2D eigenvalue weighted by molar-refractivity contribution is 9.10. The first-order valence-corrected chi connectivity index (χ1v) is 7.19. The molecule has 1 aliphatic heterocycles. The van der Waals surface area contributed by atoms with Crippen LogP contribution in [-0.2, 0) is 4.79 Å². The van der Waals surface area contributed by atoms with Gasteiger partial charge in [0.25, 0.3) is 0 Å². The summed E-state index contributed by atoms with van der Waals surface area (Å²) in [6.07, 6.45) is 1.92. The van der Waals surface area contributed by atoms with Crippen molar-refractivity contribution < 1.29 is 14.7 Å². The van der Waals surface area contributed by atoms with Crippen LogP contribution < -0.4 is 4.90 Å². The Balaban J connectivity index is 2.39. The van der Waals surface area contributed by atoms with Crippen molar-refractivity contribution in [3.8, 4) is 0 Å². The van der Waals surface area contributed by atoms with E-state index < -0.39 is 5.97 Å². The summed E-state index contributed by atoms with van der Waals surface area (Å²) in [7, 11) is 0. The lowest BCUT2D eigenvalue weighted by molar-refractivity contribution is -0.117. The number of nitrogens with zero attached hydrogens (tertiary/aromatic N) is 2. The normalized spacial score (nSPS) is 19.3. The number of carbonyl (C=O) groups excluding carboxylic acids is 1. The molecule has 1 amide bonds. The van der Waals surface area contributed by atoms with E-state index in [1.165, 1.54) is 17.2 Å². The molecule has 2 heterocycles. The van der Waals surface area contributed by atoms with Crippen molar-refractivity contribution in [3.63, 3.8) is 0 Å². The van der Waals surface area contributed by atoms with Gasteiger partial charge < -0.3 is 5.11 Å². The second-order valence-electron chi connectivity index (χ2n) is 4.06. The van der Waals surface area contributed by atoms with Gasteiger partial charge in [-0.2, -0.15) is 0 Å². The minimum Gasteiger partial charge on any atom is -0.478 e. The van der Waals surface area contributed by atoms with Gasteiger partial charge in [-0.1, -0.05) is 15.9 Å². The average molecular weight is 378 g/mol. The largest absolute Gasteiger partial charge is 0.478 e. The molecule has 1 saturated heterocycles. The number of carboxylic acids is 1. The van der Waals surface area contributed by atoms with Gasteiger partial charge in [-0.05, 0) is 27.9 Å². The summed E-state index contributed by atoms with van der Waals surface area (Å²) in [6.45, 7) is 0.499. The van der Waals surface area contributed by atoms with Crippen LogP contribution in [0.15, 0.2) is 16.7 Å². The standard InChI is InChI=1S/C11H10Br2N2O3/c12-3-6-1-9(16)15(5-6)10-8(11(17)18)2-7(13)4-14-10/h2,4,6H,1,3,5H2,(H,17,18). The van der Waals surface area contributed by atoms with Crippen LogP contribution in [0.5, 0.6) is 0 Å². The Bertz CT molecular complexity index is 507. The molecule has 1 aliphatic rings. The molecule has 1 aromatic heterocycles. The van der Waals surface area contributed by atoms with Crippen LogP contribution in [0.25, 0.3) is 0 Å². The number of alkyl halides is 1. The number of hydrogen-bond acceptors (Lipinski definition) is 3. The average Bonchev–Trinajstić information content (AvgIpc) is 2.70. The molecule has 0 saturated carbocycles. The first-order valence-electron chi connectivity index (χ1n) is 5.28. The molecule has 1 unspecified atom stereocenters. The van der Waals surface area contributed by atoms with E-state index in [-0.39, 0.29) is 23.2 Å². The number of amides is 1. The van der Waals surface area contributed by atoms with E-state index in [1.807, 2.05) is 0 Å². The Morgan fingerprint density at radius 3 is 2.89 bits per heavy atom. The molecular formula is C11H10Br2N2O3. The van der Waals surface area contributed by atoms with Gasteiger partial charge in [0.1, 0.15) is 11.4 Å². The molecule has 5 nitrogen and oxygen atoms in total. The number of aromatic carboxylic acids is 1. The van der Waals surface area contributed by atoms with Crippen LogP contribution in [0.4, 0.5) is 5.82 Å². The Morgan fingerprint density at radius 2 is 2.33 bits per heavy atom. The smallest absolute Gasteiger partial charge is 0.339 e. The summed E-state index contributed by atoms with van der Waals surface area (Å²) in [6, 6.07) is 1.46. The molecular weight excluding hydrogens is 368 g/mol. The number of carboxylic acid groups (broad SMARTS) is 1. The first kappa shape index (κ1) is 13.5. The number of halogens is 2. The van der Waals surface area contributed by atoms with E-state index in [0.29, 0.717) is 22.8 Å². The molecule has 0 radical (unpaired) electrons. The monoisotopic (exact) mass is 376 g/mol. The van der Waals surface area contributed by atoms with Gasteiger partial charge in [0.05, 0.1) is 0 Å². The maximum absolute atomic E-state index is 11.9. The zero-order valence-electron chi connectivity index (χ0n) is 9.27. The van der Waals surface area contributed by atoms with Crippen LogP contribution in [0.2, 0.25) is 0 Å². The predicted molar refractivity (Wildman–Crippen MR) is 73.2 cm³/mol. The molecule has 1 aromatic rings. The number of aromatic nitrogens is 1. The molecule has 2 rings (SSSR count). The quantitative estimate of drug-likeness (QED) is 0.820. The fourth-order valence-corrected chi connectivity index (χ4v) is 2.66. The van der Waals surface area contributed by atoms with Crippen molar-refractivity contribution in [2.75, 3.05) is 16.8 Å². The third-order valence-electron chi connectivity index (χ3n) is 2.74. The first-order chi connectivity index (χ1) is 8.52. The van der Waals surface area contributed by atoms with Gasteiger partial charge in [-0.3, -0.25) is 9.69 Å². The van der Waals surface area contributed by atoms with E-state index in [2.05, 4.69) is 36.8 Å². The molecule has 1 N–H and O–H groups in total. The van der Waals surface area contributed by atoms with Gasteiger partial charge in [-0.15, -0.1) is 0 Å². The fraction of sp³-hybridized carbons (Fsp3) is 0.364. The van der Waals surface area contributed by atoms with Crippen molar-refractivity contribution in [2.45, 2.75) is 6.42 Å². The Morgan fingerprint density at radius 1 is 1.61 bits per heavy atom. The molecule has 1 fully saturated rings. The lowest BCUT2D eigenvalue weighted by Crippen LogP contribution is -2.27. The van der Waals surface area contributed by atoms with Gasteiger partial charge in [0.2, 0.25) is 5.91 Å². The minimum atomic E-state index is -1.09. The molecule has 7 heteroatoms. The van der Waals surface area contributed by atoms with Gasteiger partial charge in [-0.25, -0.2) is 9.78 Å². The number of pyridine rings is 1. The van der Waals surface area contributed by atoms with Crippen molar-refractivity contribution >= 4 is 49.6 Å². The molecule has 96 valence electrons. The molecule has 0 bridgehead atoms. The van der Waals surface area contributed by atoms with Crippen molar-refractivity contribution in [1.29, 1.82) is 0 Å². The number of carbonyl (C=O) groups is 2. The zero-order chi connectivity index (χ0) is 13.3. The summed E-state index contributed by atoms with van der Waals surface area (Å²) in [4.78, 5) is 28.6. The van der Waals surface area contributed by atoms with Crippen molar-refractivity contribution in [2.24, 2.45) is 5.92 Å². The SMILES string of the molecule is O=C(O)c1cc(Br)cnc1N1CC(CBr)CC1=O. The molecule has 18 heavy (non-hydrogen) atoms. The van der Waals surface area contributed by atoms with E-state index >= 15 is 0 Å². The minimum absolute atomic E-state index is 0.0351. The van der Waals surface area contributed by atoms with Gasteiger partial charge >= 0.3 is 5.97 Å². The van der Waals surface area contributed by atoms with E-state index in [0.717, 1.165) is 0 Å². The van der Waals surface area contributed by atoms with Crippen LogP contribution in [0, 0.1) is 5.92 Å². The molecule has 1 atom stereocenters. The number of rotatable bonds is 3. The Kier molecular flexibility index (Phi) is 4.01. The van der Waals surface area contributed by atoms with E-state index in [1.54, 1.807) is 0 Å². The highest BCUT2D eigenvalue weighted by Gasteiger charge is 2.33. The number of hydrogen-bond donors (Lipinski definition) is 1. The maximum atomic E-state index is 11.9. The maximum Gasteiger partial charge on any atom is 0.339 e. The fourth-order valence-electron chi connectivity index (χ4n) is 1.89. The summed E-state index contributed by atoms with van der Waals surface area (Å²) in [5.74, 6) is -0.755. The predicted octanol–water partition coefficient (Wildman–Crippen LogP) is 2.29. The molecule has 0 aliphatic carbocycles. The third-order valence-corrected chi connectivity index (χ3v) is 4.09. The second-order valence-corrected chi connectivity index (χ2v) is 5.62. The third kappa shape index (κ3) is 2.56. The summed E-state index contributed by atoms with van der Waals surface area (Å²) < 4.78 is 0.576.